The molecule has 0 radical (unpaired) electrons. The Balaban J connectivity index is 0.00000121. The van der Waals surface area contributed by atoms with E-state index < -0.39 is 11.7 Å². The van der Waals surface area contributed by atoms with E-state index in [1.54, 1.807) is 0 Å². The van der Waals surface area contributed by atoms with E-state index in [0.29, 0.717) is 0 Å². The van der Waals surface area contributed by atoms with Crippen molar-refractivity contribution in [2.24, 2.45) is 0 Å². The molecule has 0 aliphatic rings. The van der Waals surface area contributed by atoms with Crippen LogP contribution in [0.1, 0.15) is 5.56 Å². The minimum absolute atomic E-state index is 0. The maximum absolute atomic E-state index is 11.9. The summed E-state index contributed by atoms with van der Waals surface area (Å²) in [5.74, 6) is 0. The molecule has 0 spiro atoms. The molecule has 1 aromatic rings. The van der Waals surface area contributed by atoms with Crippen molar-refractivity contribution in [2.75, 3.05) is 0 Å². The van der Waals surface area contributed by atoms with Crippen molar-refractivity contribution in [3.8, 4) is 0 Å². The third-order valence-corrected chi connectivity index (χ3v) is 1.31. The smallest absolute Gasteiger partial charge is 0.175 e. The molecule has 0 bridgehead atoms. The molecule has 0 aliphatic carbocycles. The Hall–Kier alpha value is 0.300. The van der Waals surface area contributed by atoms with Crippen molar-refractivity contribution in [1.29, 1.82) is 0 Å². The first kappa shape index (κ1) is 12.3. The van der Waals surface area contributed by atoms with Crippen molar-refractivity contribution in [3.63, 3.8) is 0 Å². The normalized spacial score (nSPS) is 10.7. The van der Waals surface area contributed by atoms with Crippen LogP contribution in [0.2, 0.25) is 5.02 Å². The van der Waals surface area contributed by atoms with Crippen LogP contribution in [0.5, 0.6) is 0 Å². The molecule has 0 atom stereocenters. The molecule has 1 aromatic carbocycles. The van der Waals surface area contributed by atoms with Crippen molar-refractivity contribution >= 4 is 11.6 Å². The van der Waals surface area contributed by atoms with E-state index in [2.05, 4.69) is 6.07 Å². The summed E-state index contributed by atoms with van der Waals surface area (Å²) in [6, 6.07) is 5.31. The summed E-state index contributed by atoms with van der Waals surface area (Å²) in [4.78, 5) is 0. The van der Waals surface area contributed by atoms with Crippen LogP contribution in [-0.4, -0.2) is 0 Å². The molecule has 0 unspecified atom stereocenters. The van der Waals surface area contributed by atoms with Gasteiger partial charge in [0.15, 0.2) is 0 Å². The van der Waals surface area contributed by atoms with Gasteiger partial charge in [-0.05, 0) is 0 Å². The molecule has 60 valence electrons. The average molecular weight is 203 g/mol. The maximum Gasteiger partial charge on any atom is 1.00 e. The van der Waals surface area contributed by atoms with E-state index in [1.165, 1.54) is 0 Å². The Morgan fingerprint density at radius 3 is 2.25 bits per heavy atom. The fraction of sp³-hybridized carbons (Fsp3) is 0.143. The Labute approximate surface area is 95.0 Å². The van der Waals surface area contributed by atoms with Crippen LogP contribution in [0.4, 0.5) is 13.2 Å². The third-order valence-electron chi connectivity index (χ3n) is 1.09. The molecule has 0 heterocycles. The zero-order valence-electron chi connectivity index (χ0n) is 6.24. The monoisotopic (exact) mass is 202 g/mol. The van der Waals surface area contributed by atoms with Gasteiger partial charge in [-0.1, -0.05) is 10.6 Å². The molecule has 0 nitrogen and oxygen atoms in total. The second kappa shape index (κ2) is 4.51. The number of halogens is 4. The van der Waals surface area contributed by atoms with Crippen LogP contribution >= 0.6 is 11.6 Å². The summed E-state index contributed by atoms with van der Waals surface area (Å²) < 4.78 is 35.7. The van der Waals surface area contributed by atoms with E-state index >= 15 is 0 Å². The molecule has 0 fully saturated rings. The average Bonchev–Trinajstić information content (AvgIpc) is 1.86. The van der Waals surface area contributed by atoms with Gasteiger partial charge in [0, 0.05) is 0 Å². The minimum Gasteiger partial charge on any atom is -0.175 e. The number of rotatable bonds is 0. The quantitative estimate of drug-likeness (QED) is 0.415. The van der Waals surface area contributed by atoms with Gasteiger partial charge in [-0.2, -0.15) is 31.4 Å². The number of alkyl halides is 3. The summed E-state index contributed by atoms with van der Waals surface area (Å²) in [6.07, 6.45) is -4.32. The van der Waals surface area contributed by atoms with Gasteiger partial charge in [-0.25, -0.2) is 0 Å². The predicted octanol–water partition coefficient (Wildman–Crippen LogP) is 0.163. The zero-order chi connectivity index (χ0) is 8.48. The summed E-state index contributed by atoms with van der Waals surface area (Å²) >= 11 is 5.30. The molecule has 0 aliphatic heterocycles. The zero-order valence-corrected chi connectivity index (χ0v) is 9.00. The van der Waals surface area contributed by atoms with Gasteiger partial charge >= 0.3 is 35.7 Å². The van der Waals surface area contributed by atoms with Crippen molar-refractivity contribution < 1.29 is 42.7 Å². The molecular weight excluding hydrogens is 200 g/mol. The van der Waals surface area contributed by atoms with Gasteiger partial charge in [0.2, 0.25) is 0 Å². The number of benzene rings is 1. The Morgan fingerprint density at radius 1 is 1.33 bits per heavy atom. The predicted molar refractivity (Wildman–Crippen MR) is 35.3 cm³/mol. The maximum atomic E-state index is 11.9. The summed E-state index contributed by atoms with van der Waals surface area (Å²) in [6.45, 7) is 0. The standard InChI is InChI=1S/C7H3ClF3.Na/c8-6-3-1-2-5(4-6)7(9,10)11;/h1-2,4H;/q-1;+1. The van der Waals surface area contributed by atoms with Crippen LogP contribution in [0.3, 0.4) is 0 Å². The molecule has 0 saturated carbocycles. The van der Waals surface area contributed by atoms with Gasteiger partial charge in [0.1, 0.15) is 0 Å². The second-order valence-electron chi connectivity index (χ2n) is 1.92. The van der Waals surface area contributed by atoms with Crippen molar-refractivity contribution in [3.05, 3.63) is 34.9 Å². The van der Waals surface area contributed by atoms with Crippen LogP contribution in [0, 0.1) is 6.07 Å². The van der Waals surface area contributed by atoms with Crippen molar-refractivity contribution in [2.45, 2.75) is 6.18 Å². The van der Waals surface area contributed by atoms with Crippen LogP contribution in [0.25, 0.3) is 0 Å². The van der Waals surface area contributed by atoms with Crippen molar-refractivity contribution in [1.82, 2.24) is 0 Å². The van der Waals surface area contributed by atoms with Crippen LogP contribution < -0.4 is 29.6 Å². The largest absolute Gasteiger partial charge is 1.00 e. The molecule has 0 aromatic heterocycles. The molecule has 0 amide bonds. The fourth-order valence-electron chi connectivity index (χ4n) is 0.614. The first-order chi connectivity index (χ1) is 5.00. The molecule has 5 heteroatoms. The summed E-state index contributed by atoms with van der Waals surface area (Å²) in [5, 5.41) is -0.0279. The SMILES string of the molecule is FC(F)(F)c1cc[c-]c(Cl)c1.[Na+]. The van der Waals surface area contributed by atoms with Gasteiger partial charge in [0.05, 0.1) is 0 Å². The van der Waals surface area contributed by atoms with Crippen LogP contribution in [-0.2, 0) is 6.18 Å². The first-order valence-corrected chi connectivity index (χ1v) is 3.12. The van der Waals surface area contributed by atoms with E-state index in [-0.39, 0.29) is 34.6 Å². The van der Waals surface area contributed by atoms with E-state index in [4.69, 9.17) is 11.6 Å². The molecule has 0 N–H and O–H groups in total. The molecule has 0 saturated heterocycles. The Kier molecular flexibility index (Phi) is 4.62. The number of hydrogen-bond acceptors (Lipinski definition) is 0. The Bertz CT molecular complexity index is 259. The first-order valence-electron chi connectivity index (χ1n) is 2.74. The fourth-order valence-corrected chi connectivity index (χ4v) is 0.794. The summed E-state index contributed by atoms with van der Waals surface area (Å²) in [7, 11) is 0. The topological polar surface area (TPSA) is 0 Å². The van der Waals surface area contributed by atoms with Gasteiger partial charge in [-0.3, -0.25) is 0 Å². The second-order valence-corrected chi connectivity index (χ2v) is 2.33. The molecular formula is C7H3ClF3Na. The van der Waals surface area contributed by atoms with Gasteiger partial charge in [0.25, 0.3) is 0 Å². The van der Waals surface area contributed by atoms with E-state index in [9.17, 15) is 13.2 Å². The minimum atomic E-state index is -4.32. The van der Waals surface area contributed by atoms with Crippen LogP contribution in [0.15, 0.2) is 18.2 Å². The molecule has 12 heavy (non-hydrogen) atoms. The Morgan fingerprint density at radius 2 is 1.92 bits per heavy atom. The van der Waals surface area contributed by atoms with E-state index in [0.717, 1.165) is 18.2 Å². The van der Waals surface area contributed by atoms with Gasteiger partial charge < -0.3 is 0 Å². The third kappa shape index (κ3) is 3.35. The number of hydrogen-bond donors (Lipinski definition) is 0. The van der Waals surface area contributed by atoms with Gasteiger partial charge in [-0.15, -0.1) is 17.7 Å². The van der Waals surface area contributed by atoms with E-state index in [1.807, 2.05) is 0 Å². The summed E-state index contributed by atoms with van der Waals surface area (Å²) in [5.41, 5.74) is -0.749. The molecule has 1 rings (SSSR count).